The van der Waals surface area contributed by atoms with Gasteiger partial charge in [0.2, 0.25) is 0 Å². The van der Waals surface area contributed by atoms with Crippen LogP contribution in [0.25, 0.3) is 0 Å². The number of thiocarbonyl (C=S) groups is 1. The number of hydrogen-bond donors (Lipinski definition) is 2. The van der Waals surface area contributed by atoms with Crippen LogP contribution in [0, 0.1) is 5.82 Å². The van der Waals surface area contributed by atoms with Crippen molar-refractivity contribution >= 4 is 23.5 Å². The van der Waals surface area contributed by atoms with E-state index in [2.05, 4.69) is 27.6 Å². The van der Waals surface area contributed by atoms with Crippen molar-refractivity contribution in [1.29, 1.82) is 0 Å². The maximum Gasteiger partial charge on any atom is 0.184 e. The molecule has 0 unspecified atom stereocenters. The number of nitrogens with two attached hydrogens (primary N) is 1. The lowest BCUT2D eigenvalue weighted by Crippen LogP contribution is -2.35. The number of benzene rings is 1. The highest BCUT2D eigenvalue weighted by atomic mass is 32.1. The molecular weight excluding hydrogens is 279 g/mol. The van der Waals surface area contributed by atoms with E-state index in [0.717, 1.165) is 24.2 Å². The Morgan fingerprint density at radius 3 is 2.95 bits per heavy atom. The van der Waals surface area contributed by atoms with Crippen LogP contribution >= 0.6 is 12.2 Å². The van der Waals surface area contributed by atoms with E-state index in [4.69, 9.17) is 10.5 Å². The molecule has 0 spiro atoms. The topological polar surface area (TPSA) is 62.9 Å². The zero-order valence-corrected chi connectivity index (χ0v) is 11.8. The highest BCUT2D eigenvalue weighted by molar-refractivity contribution is 7.80. The number of hydrogen-bond acceptors (Lipinski definition) is 4. The van der Waals surface area contributed by atoms with E-state index < -0.39 is 0 Å². The van der Waals surface area contributed by atoms with Crippen molar-refractivity contribution in [2.75, 3.05) is 26.3 Å². The van der Waals surface area contributed by atoms with Crippen molar-refractivity contribution in [1.82, 2.24) is 10.3 Å². The molecule has 1 heterocycles. The fourth-order valence-corrected chi connectivity index (χ4v) is 2.06. The lowest BCUT2D eigenvalue weighted by Gasteiger charge is -2.27. The summed E-state index contributed by atoms with van der Waals surface area (Å²) in [5, 5.41) is 4.01. The van der Waals surface area contributed by atoms with Crippen LogP contribution in [0.1, 0.15) is 11.1 Å². The summed E-state index contributed by atoms with van der Waals surface area (Å²) in [4.78, 5) is 2.22. The molecule has 1 aliphatic heterocycles. The summed E-state index contributed by atoms with van der Waals surface area (Å²) in [5.74, 6) is -0.257. The van der Waals surface area contributed by atoms with Gasteiger partial charge in [-0.1, -0.05) is 6.07 Å². The summed E-state index contributed by atoms with van der Waals surface area (Å²) in [5.41, 5.74) is 9.49. The van der Waals surface area contributed by atoms with E-state index in [1.54, 1.807) is 12.3 Å². The number of halogens is 1. The molecule has 0 amide bonds. The number of ether oxygens (including phenoxy) is 1. The van der Waals surface area contributed by atoms with E-state index in [-0.39, 0.29) is 10.9 Å². The third-order valence-corrected chi connectivity index (χ3v) is 3.07. The van der Waals surface area contributed by atoms with Gasteiger partial charge in [-0.15, -0.1) is 0 Å². The molecule has 1 aromatic rings. The number of nitrogens with zero attached hydrogens (tertiary/aromatic N) is 2. The van der Waals surface area contributed by atoms with Gasteiger partial charge in [0, 0.05) is 19.6 Å². The van der Waals surface area contributed by atoms with Crippen LogP contribution < -0.4 is 11.2 Å². The quantitative estimate of drug-likeness (QED) is 0.489. The number of morpholine rings is 1. The molecule has 0 aromatic heterocycles. The van der Waals surface area contributed by atoms with Crippen molar-refractivity contribution in [3.05, 3.63) is 35.1 Å². The molecule has 1 saturated heterocycles. The summed E-state index contributed by atoms with van der Waals surface area (Å²) in [6.45, 7) is 3.77. The van der Waals surface area contributed by atoms with Gasteiger partial charge < -0.3 is 10.5 Å². The van der Waals surface area contributed by atoms with Crippen molar-refractivity contribution < 1.29 is 9.13 Å². The van der Waals surface area contributed by atoms with Crippen LogP contribution in [0.3, 0.4) is 0 Å². The van der Waals surface area contributed by atoms with Gasteiger partial charge >= 0.3 is 0 Å². The van der Waals surface area contributed by atoms with E-state index >= 15 is 0 Å². The van der Waals surface area contributed by atoms with Gasteiger partial charge in [-0.25, -0.2) is 4.39 Å². The molecule has 5 nitrogen and oxygen atoms in total. The number of rotatable bonds is 4. The normalized spacial score (nSPS) is 16.4. The highest BCUT2D eigenvalue weighted by Crippen LogP contribution is 2.13. The summed E-state index contributed by atoms with van der Waals surface area (Å²) < 4.78 is 18.7. The molecule has 3 N–H and O–H groups in total. The molecule has 1 aliphatic rings. The second kappa shape index (κ2) is 7.28. The summed E-state index contributed by atoms with van der Waals surface area (Å²) >= 11 is 4.67. The molecule has 0 atom stereocenters. The average Bonchev–Trinajstić information content (AvgIpc) is 2.42. The Labute approximate surface area is 122 Å². The highest BCUT2D eigenvalue weighted by Gasteiger charge is 2.13. The van der Waals surface area contributed by atoms with Gasteiger partial charge in [-0.05, 0) is 35.5 Å². The largest absolute Gasteiger partial charge is 0.379 e. The first-order valence-electron chi connectivity index (χ1n) is 6.32. The fourth-order valence-electron chi connectivity index (χ4n) is 2.00. The second-order valence-corrected chi connectivity index (χ2v) is 4.91. The Morgan fingerprint density at radius 2 is 2.25 bits per heavy atom. The molecule has 20 heavy (non-hydrogen) atoms. The molecule has 0 saturated carbocycles. The monoisotopic (exact) mass is 296 g/mol. The van der Waals surface area contributed by atoms with Gasteiger partial charge in [-0.2, -0.15) is 5.10 Å². The van der Waals surface area contributed by atoms with E-state index in [0.29, 0.717) is 19.8 Å². The molecular formula is C13H17FN4OS. The SMILES string of the molecule is NC(=S)NN=Cc1ccc(F)cc1CN1CCOCC1. The van der Waals surface area contributed by atoms with E-state index in [9.17, 15) is 4.39 Å². The minimum absolute atomic E-state index is 0.0955. The average molecular weight is 296 g/mol. The lowest BCUT2D eigenvalue weighted by atomic mass is 10.1. The third-order valence-electron chi connectivity index (χ3n) is 2.98. The Kier molecular flexibility index (Phi) is 5.40. The molecule has 1 aromatic carbocycles. The number of hydrazone groups is 1. The van der Waals surface area contributed by atoms with Gasteiger partial charge in [0.1, 0.15) is 5.82 Å². The van der Waals surface area contributed by atoms with Crippen molar-refractivity contribution in [2.24, 2.45) is 10.8 Å². The third kappa shape index (κ3) is 4.52. The van der Waals surface area contributed by atoms with Gasteiger partial charge in [0.15, 0.2) is 5.11 Å². The van der Waals surface area contributed by atoms with Crippen LogP contribution in [0.15, 0.2) is 23.3 Å². The molecule has 2 rings (SSSR count). The number of nitrogens with one attached hydrogen (secondary N) is 1. The predicted molar refractivity (Wildman–Crippen MR) is 80.0 cm³/mol. The summed E-state index contributed by atoms with van der Waals surface area (Å²) in [6.07, 6.45) is 1.59. The Balaban J connectivity index is 2.10. The van der Waals surface area contributed by atoms with Gasteiger partial charge in [-0.3, -0.25) is 10.3 Å². The minimum Gasteiger partial charge on any atom is -0.379 e. The Morgan fingerprint density at radius 1 is 1.50 bits per heavy atom. The lowest BCUT2D eigenvalue weighted by molar-refractivity contribution is 0.0341. The standard InChI is InChI=1S/C13H17FN4OS/c14-12-2-1-10(8-16-17-13(15)20)11(7-12)9-18-3-5-19-6-4-18/h1-2,7-8H,3-6,9H2,(H3,15,17,20). The second-order valence-electron chi connectivity index (χ2n) is 4.47. The molecule has 108 valence electrons. The first-order chi connectivity index (χ1) is 9.65. The van der Waals surface area contributed by atoms with Crippen molar-refractivity contribution in [3.63, 3.8) is 0 Å². The van der Waals surface area contributed by atoms with Crippen LogP contribution in [-0.2, 0) is 11.3 Å². The first-order valence-corrected chi connectivity index (χ1v) is 6.73. The van der Waals surface area contributed by atoms with Gasteiger partial charge in [0.25, 0.3) is 0 Å². The maximum atomic E-state index is 13.4. The minimum atomic E-state index is -0.257. The van der Waals surface area contributed by atoms with Crippen molar-refractivity contribution in [3.8, 4) is 0 Å². The van der Waals surface area contributed by atoms with E-state index in [1.165, 1.54) is 12.1 Å². The zero-order chi connectivity index (χ0) is 14.4. The molecule has 0 radical (unpaired) electrons. The van der Waals surface area contributed by atoms with E-state index in [1.807, 2.05) is 0 Å². The molecule has 0 aliphatic carbocycles. The molecule has 7 heteroatoms. The summed E-state index contributed by atoms with van der Waals surface area (Å²) in [7, 11) is 0. The zero-order valence-electron chi connectivity index (χ0n) is 11.0. The maximum absolute atomic E-state index is 13.4. The van der Waals surface area contributed by atoms with Crippen LogP contribution in [-0.4, -0.2) is 42.5 Å². The fraction of sp³-hybridized carbons (Fsp3) is 0.385. The van der Waals surface area contributed by atoms with Crippen LogP contribution in [0.2, 0.25) is 0 Å². The van der Waals surface area contributed by atoms with Crippen molar-refractivity contribution in [2.45, 2.75) is 6.54 Å². The Bertz CT molecular complexity index is 503. The van der Waals surface area contributed by atoms with Gasteiger partial charge in [0.05, 0.1) is 19.4 Å². The predicted octanol–water partition coefficient (Wildman–Crippen LogP) is 0.825. The molecule has 1 fully saturated rings. The summed E-state index contributed by atoms with van der Waals surface area (Å²) in [6, 6.07) is 4.62. The van der Waals surface area contributed by atoms with Crippen LogP contribution in [0.4, 0.5) is 4.39 Å². The smallest absolute Gasteiger partial charge is 0.184 e. The van der Waals surface area contributed by atoms with Crippen LogP contribution in [0.5, 0.6) is 0 Å². The molecule has 0 bridgehead atoms. The Hall–Kier alpha value is -1.57. The first kappa shape index (κ1) is 14.8.